The molecule has 7 nitrogen and oxygen atoms in total. The molecule has 3 aromatic rings. The Morgan fingerprint density at radius 2 is 2.14 bits per heavy atom. The molecule has 2 N–H and O–H groups in total. The van der Waals surface area contributed by atoms with Crippen LogP contribution in [0.15, 0.2) is 41.9 Å². The summed E-state index contributed by atoms with van der Waals surface area (Å²) >= 11 is 7.90. The Labute approximate surface area is 176 Å². The monoisotopic (exact) mass is 452 g/mol. The molecule has 1 atom stereocenters. The summed E-state index contributed by atoms with van der Waals surface area (Å²) in [6.07, 6.45) is 2.29. The zero-order valence-electron chi connectivity index (χ0n) is 15.3. The van der Waals surface area contributed by atoms with E-state index in [4.69, 9.17) is 21.1 Å². The van der Waals surface area contributed by atoms with Crippen molar-refractivity contribution in [2.75, 3.05) is 24.2 Å². The van der Waals surface area contributed by atoms with E-state index in [1.165, 1.54) is 11.3 Å². The fourth-order valence-electron chi connectivity index (χ4n) is 2.95. The lowest BCUT2D eigenvalue weighted by molar-refractivity contribution is 0.0415. The number of benzene rings is 1. The molecular weight excluding hydrogens is 436 g/mol. The molecule has 0 aliphatic carbocycles. The number of hydrogen-bond acceptors (Lipinski definition) is 7. The number of pyridine rings is 1. The number of aliphatic hydroxyl groups is 1. The summed E-state index contributed by atoms with van der Waals surface area (Å²) in [6.45, 7) is 0.108. The number of aliphatic hydroxyl groups excluding tert-OH is 1. The van der Waals surface area contributed by atoms with Crippen LogP contribution in [-0.4, -0.2) is 44.1 Å². The van der Waals surface area contributed by atoms with Gasteiger partial charge in [-0.1, -0.05) is 11.6 Å². The van der Waals surface area contributed by atoms with Gasteiger partial charge in [0, 0.05) is 27.9 Å². The molecule has 0 amide bonds. The Bertz CT molecular complexity index is 1160. The summed E-state index contributed by atoms with van der Waals surface area (Å²) in [5.41, 5.74) is 2.96. The molecule has 1 aliphatic rings. The quantitative estimate of drug-likeness (QED) is 0.613. The number of halogens is 1. The molecule has 0 saturated carbocycles. The van der Waals surface area contributed by atoms with Gasteiger partial charge >= 0.3 is 0 Å². The first kappa shape index (κ1) is 20.0. The Morgan fingerprint density at radius 1 is 1.31 bits per heavy atom. The molecule has 1 aromatic carbocycles. The van der Waals surface area contributed by atoms with Crippen LogP contribution >= 0.6 is 22.9 Å². The van der Waals surface area contributed by atoms with Gasteiger partial charge < -0.3 is 14.6 Å². The van der Waals surface area contributed by atoms with Crippen molar-refractivity contribution in [1.29, 1.82) is 0 Å². The van der Waals surface area contributed by atoms with E-state index in [0.717, 1.165) is 27.8 Å². The standard InChI is InChI=1S/C19H17ClN2O5S2/c1-29(24,25)22-12-2-3-15(16(20)7-12)17-6-11(10-28-17)14-4-5-21-19-18(14)26-9-13(8-23)27-19/h2-7,10,13,22-23H,8-9H2,1H3. The molecule has 3 heterocycles. The van der Waals surface area contributed by atoms with E-state index in [9.17, 15) is 13.5 Å². The Kier molecular flexibility index (Phi) is 5.39. The maximum atomic E-state index is 11.4. The van der Waals surface area contributed by atoms with Gasteiger partial charge in [-0.15, -0.1) is 11.3 Å². The number of anilines is 1. The summed E-state index contributed by atoms with van der Waals surface area (Å²) in [4.78, 5) is 5.11. The molecule has 152 valence electrons. The first-order valence-electron chi connectivity index (χ1n) is 8.60. The van der Waals surface area contributed by atoms with Gasteiger partial charge in [-0.2, -0.15) is 0 Å². The third-order valence-electron chi connectivity index (χ3n) is 4.22. The molecule has 2 aromatic heterocycles. The molecule has 0 bridgehead atoms. The van der Waals surface area contributed by atoms with E-state index in [1.807, 2.05) is 17.5 Å². The van der Waals surface area contributed by atoms with Gasteiger partial charge in [0.1, 0.15) is 6.61 Å². The van der Waals surface area contributed by atoms with E-state index in [0.29, 0.717) is 22.3 Å². The maximum Gasteiger partial charge on any atom is 0.258 e. The van der Waals surface area contributed by atoms with Crippen molar-refractivity contribution in [3.8, 4) is 33.2 Å². The highest BCUT2D eigenvalue weighted by Crippen LogP contribution is 2.43. The molecule has 1 unspecified atom stereocenters. The van der Waals surface area contributed by atoms with Crippen molar-refractivity contribution >= 4 is 38.6 Å². The largest absolute Gasteiger partial charge is 0.483 e. The Morgan fingerprint density at radius 3 is 2.86 bits per heavy atom. The zero-order chi connectivity index (χ0) is 20.6. The lowest BCUT2D eigenvalue weighted by Crippen LogP contribution is -2.32. The van der Waals surface area contributed by atoms with Crippen molar-refractivity contribution in [1.82, 2.24) is 4.98 Å². The molecular formula is C19H17ClN2O5S2. The highest BCUT2D eigenvalue weighted by Gasteiger charge is 2.25. The molecule has 0 saturated heterocycles. The van der Waals surface area contributed by atoms with E-state index >= 15 is 0 Å². The predicted molar refractivity (Wildman–Crippen MR) is 113 cm³/mol. The topological polar surface area (TPSA) is 97.8 Å². The van der Waals surface area contributed by atoms with Gasteiger partial charge in [0.25, 0.3) is 5.88 Å². The van der Waals surface area contributed by atoms with Crippen molar-refractivity contribution in [2.45, 2.75) is 6.10 Å². The second-order valence-corrected chi connectivity index (χ2v) is 9.56. The number of thiophene rings is 1. The van der Waals surface area contributed by atoms with Gasteiger partial charge in [-0.3, -0.25) is 4.72 Å². The average Bonchev–Trinajstić information content (AvgIpc) is 3.15. The number of nitrogens with zero attached hydrogens (tertiary/aromatic N) is 1. The smallest absolute Gasteiger partial charge is 0.258 e. The number of aromatic nitrogens is 1. The van der Waals surface area contributed by atoms with Crippen molar-refractivity contribution in [2.24, 2.45) is 0 Å². The average molecular weight is 453 g/mol. The second kappa shape index (κ2) is 7.83. The lowest BCUT2D eigenvalue weighted by Gasteiger charge is -2.25. The fraction of sp³-hybridized carbons (Fsp3) is 0.211. The fourth-order valence-corrected chi connectivity index (χ4v) is 4.79. The second-order valence-electron chi connectivity index (χ2n) is 6.49. The summed E-state index contributed by atoms with van der Waals surface area (Å²) in [5, 5.41) is 11.7. The van der Waals surface area contributed by atoms with Gasteiger partial charge in [-0.25, -0.2) is 13.4 Å². The first-order valence-corrected chi connectivity index (χ1v) is 11.7. The molecule has 4 rings (SSSR count). The predicted octanol–water partition coefficient (Wildman–Crippen LogP) is 3.63. The van der Waals surface area contributed by atoms with Crippen LogP contribution in [-0.2, 0) is 10.0 Å². The van der Waals surface area contributed by atoms with Crippen LogP contribution in [0.3, 0.4) is 0 Å². The molecule has 0 fully saturated rings. The Hall–Kier alpha value is -2.33. The van der Waals surface area contributed by atoms with Gasteiger partial charge in [0.15, 0.2) is 11.9 Å². The third kappa shape index (κ3) is 4.32. The van der Waals surface area contributed by atoms with Crippen LogP contribution in [0.1, 0.15) is 0 Å². The van der Waals surface area contributed by atoms with Crippen molar-refractivity contribution in [3.63, 3.8) is 0 Å². The highest BCUT2D eigenvalue weighted by molar-refractivity contribution is 7.92. The molecule has 10 heteroatoms. The highest BCUT2D eigenvalue weighted by atomic mass is 35.5. The first-order chi connectivity index (χ1) is 13.8. The minimum Gasteiger partial charge on any atom is -0.483 e. The van der Waals surface area contributed by atoms with Crippen LogP contribution in [0.4, 0.5) is 5.69 Å². The Balaban J connectivity index is 1.65. The normalized spacial score (nSPS) is 15.9. The number of fused-ring (bicyclic) bond motifs is 1. The molecule has 0 spiro atoms. The van der Waals surface area contributed by atoms with Gasteiger partial charge in [0.2, 0.25) is 10.0 Å². The summed E-state index contributed by atoms with van der Waals surface area (Å²) in [7, 11) is -3.37. The third-order valence-corrected chi connectivity index (χ3v) is 6.10. The van der Waals surface area contributed by atoms with E-state index < -0.39 is 16.1 Å². The minimum absolute atomic E-state index is 0.142. The van der Waals surface area contributed by atoms with Crippen molar-refractivity contribution in [3.05, 3.63) is 46.9 Å². The van der Waals surface area contributed by atoms with Gasteiger partial charge in [-0.05, 0) is 41.3 Å². The SMILES string of the molecule is CS(=O)(=O)Nc1ccc(-c2cc(-c3ccnc4c3OCC(CO)O4)cs2)c(Cl)c1. The number of rotatable bonds is 5. The lowest BCUT2D eigenvalue weighted by atomic mass is 10.1. The molecule has 29 heavy (non-hydrogen) atoms. The van der Waals surface area contributed by atoms with E-state index in [1.54, 1.807) is 24.4 Å². The summed E-state index contributed by atoms with van der Waals surface area (Å²) < 4.78 is 36.6. The number of nitrogens with one attached hydrogen (secondary N) is 1. The number of ether oxygens (including phenoxy) is 2. The van der Waals surface area contributed by atoms with Crippen LogP contribution < -0.4 is 14.2 Å². The molecule has 1 aliphatic heterocycles. The van der Waals surface area contributed by atoms with Crippen LogP contribution in [0.25, 0.3) is 21.6 Å². The number of sulfonamides is 1. The van der Waals surface area contributed by atoms with Crippen LogP contribution in [0.5, 0.6) is 11.6 Å². The van der Waals surface area contributed by atoms with E-state index in [2.05, 4.69) is 9.71 Å². The van der Waals surface area contributed by atoms with Crippen molar-refractivity contribution < 1.29 is 23.0 Å². The molecule has 0 radical (unpaired) electrons. The zero-order valence-corrected chi connectivity index (χ0v) is 17.6. The van der Waals surface area contributed by atoms with Crippen LogP contribution in [0, 0.1) is 0 Å². The number of hydrogen-bond donors (Lipinski definition) is 2. The van der Waals surface area contributed by atoms with E-state index in [-0.39, 0.29) is 13.2 Å². The van der Waals surface area contributed by atoms with Crippen LogP contribution in [0.2, 0.25) is 5.02 Å². The summed E-state index contributed by atoms with van der Waals surface area (Å²) in [5.74, 6) is 0.898. The minimum atomic E-state index is -3.37. The maximum absolute atomic E-state index is 11.4. The van der Waals surface area contributed by atoms with Gasteiger partial charge in [0.05, 0.1) is 17.9 Å². The summed E-state index contributed by atoms with van der Waals surface area (Å²) in [6, 6.07) is 8.85.